The van der Waals surface area contributed by atoms with Gasteiger partial charge in [0.25, 0.3) is 0 Å². The summed E-state index contributed by atoms with van der Waals surface area (Å²) in [5.41, 5.74) is 1.13. The van der Waals surface area contributed by atoms with E-state index in [9.17, 15) is 9.90 Å². The zero-order valence-electron chi connectivity index (χ0n) is 13.7. The fraction of sp³-hybridized carbons (Fsp3) is 0.588. The molecule has 1 heterocycles. The lowest BCUT2D eigenvalue weighted by Crippen LogP contribution is -2.51. The van der Waals surface area contributed by atoms with Crippen LogP contribution in [-0.4, -0.2) is 64.5 Å². The van der Waals surface area contributed by atoms with Crippen LogP contribution in [0.2, 0.25) is 0 Å². The van der Waals surface area contributed by atoms with Crippen LogP contribution >= 0.6 is 11.8 Å². The van der Waals surface area contributed by atoms with E-state index in [0.717, 1.165) is 36.6 Å². The van der Waals surface area contributed by atoms with Gasteiger partial charge in [-0.05, 0) is 38.0 Å². The molecule has 1 aromatic carbocycles. The van der Waals surface area contributed by atoms with Crippen molar-refractivity contribution in [2.45, 2.75) is 32.4 Å². The fourth-order valence-corrected chi connectivity index (χ4v) is 3.67. The zero-order valence-corrected chi connectivity index (χ0v) is 14.5. The lowest BCUT2D eigenvalue weighted by Gasteiger charge is -2.35. The largest absolute Gasteiger partial charge is 0.508 e. The number of thioether (sulfide) groups is 1. The number of amides is 1. The third-order valence-electron chi connectivity index (χ3n) is 4.43. The average molecular weight is 322 g/mol. The second-order valence-electron chi connectivity index (χ2n) is 5.99. The Labute approximate surface area is 137 Å². The first-order valence-electron chi connectivity index (χ1n) is 7.85. The van der Waals surface area contributed by atoms with E-state index < -0.39 is 0 Å². The Bertz CT molecular complexity index is 486. The summed E-state index contributed by atoms with van der Waals surface area (Å²) in [6.07, 6.45) is 0.797. The van der Waals surface area contributed by atoms with Gasteiger partial charge in [-0.25, -0.2) is 0 Å². The molecule has 1 aliphatic rings. The third kappa shape index (κ3) is 4.40. The minimum atomic E-state index is -0.0480. The Morgan fingerprint density at radius 3 is 2.45 bits per heavy atom. The Kier molecular flexibility index (Phi) is 6.15. The summed E-state index contributed by atoms with van der Waals surface area (Å²) in [6, 6.07) is 7.30. The summed E-state index contributed by atoms with van der Waals surface area (Å²) in [5, 5.41) is 9.33. The summed E-state index contributed by atoms with van der Waals surface area (Å²) in [4.78, 5) is 16.8. The van der Waals surface area contributed by atoms with Crippen molar-refractivity contribution in [3.05, 3.63) is 29.8 Å². The standard InChI is InChI=1S/C17H26N2O2S/c1-13(12-15-4-6-16(20)7-5-15)18(3)17(21)14(2)19-8-10-22-11-9-19/h4-7,13-14,20H,8-12H2,1-3H3/t13-,14+/m0/s1. The van der Waals surface area contributed by atoms with Crippen LogP contribution in [0.3, 0.4) is 0 Å². The third-order valence-corrected chi connectivity index (χ3v) is 5.37. The highest BCUT2D eigenvalue weighted by atomic mass is 32.2. The van der Waals surface area contributed by atoms with E-state index in [1.165, 1.54) is 0 Å². The maximum atomic E-state index is 12.7. The Hall–Kier alpha value is -1.20. The van der Waals surface area contributed by atoms with Crippen LogP contribution in [0.5, 0.6) is 5.75 Å². The minimum Gasteiger partial charge on any atom is -0.508 e. The van der Waals surface area contributed by atoms with Gasteiger partial charge >= 0.3 is 0 Å². The highest BCUT2D eigenvalue weighted by Crippen LogP contribution is 2.16. The Morgan fingerprint density at radius 1 is 1.27 bits per heavy atom. The first-order valence-corrected chi connectivity index (χ1v) is 9.01. The molecule has 0 radical (unpaired) electrons. The van der Waals surface area contributed by atoms with Crippen LogP contribution in [-0.2, 0) is 11.2 Å². The molecular weight excluding hydrogens is 296 g/mol. The summed E-state index contributed by atoms with van der Waals surface area (Å²) < 4.78 is 0. The topological polar surface area (TPSA) is 43.8 Å². The Balaban J connectivity index is 1.92. The maximum absolute atomic E-state index is 12.7. The highest BCUT2D eigenvalue weighted by molar-refractivity contribution is 7.99. The van der Waals surface area contributed by atoms with Crippen LogP contribution in [0, 0.1) is 0 Å². The normalized spacial score (nSPS) is 18.7. The molecule has 1 N–H and O–H groups in total. The molecule has 0 unspecified atom stereocenters. The molecular formula is C17H26N2O2S. The summed E-state index contributed by atoms with van der Waals surface area (Å²) in [7, 11) is 1.89. The lowest BCUT2D eigenvalue weighted by molar-refractivity contribution is -0.136. The predicted molar refractivity (Wildman–Crippen MR) is 92.4 cm³/mol. The number of phenolic OH excluding ortho intramolecular Hbond substituents is 1. The molecule has 2 atom stereocenters. The van der Waals surface area contributed by atoms with E-state index in [1.807, 2.05) is 42.8 Å². The van der Waals surface area contributed by atoms with Gasteiger partial charge in [-0.1, -0.05) is 12.1 Å². The highest BCUT2D eigenvalue weighted by Gasteiger charge is 2.27. The molecule has 1 aliphatic heterocycles. The summed E-state index contributed by atoms with van der Waals surface area (Å²) in [6.45, 7) is 6.08. The molecule has 1 amide bonds. The molecule has 122 valence electrons. The van der Waals surface area contributed by atoms with E-state index in [-0.39, 0.29) is 23.7 Å². The van der Waals surface area contributed by atoms with Crippen molar-refractivity contribution in [3.8, 4) is 5.75 Å². The lowest BCUT2D eigenvalue weighted by atomic mass is 10.1. The van der Waals surface area contributed by atoms with Crippen LogP contribution < -0.4 is 0 Å². The van der Waals surface area contributed by atoms with Crippen LogP contribution in [0.25, 0.3) is 0 Å². The first-order chi connectivity index (χ1) is 10.5. The van der Waals surface area contributed by atoms with Crippen molar-refractivity contribution in [1.29, 1.82) is 0 Å². The van der Waals surface area contributed by atoms with Crippen LogP contribution in [0.15, 0.2) is 24.3 Å². The molecule has 0 aliphatic carbocycles. The van der Waals surface area contributed by atoms with Gasteiger partial charge in [0, 0.05) is 37.7 Å². The second-order valence-corrected chi connectivity index (χ2v) is 7.22. The number of hydrogen-bond donors (Lipinski definition) is 1. The van der Waals surface area contributed by atoms with Crippen molar-refractivity contribution in [2.75, 3.05) is 31.6 Å². The van der Waals surface area contributed by atoms with E-state index >= 15 is 0 Å². The number of rotatable bonds is 5. The first kappa shape index (κ1) is 17.2. The van der Waals surface area contributed by atoms with E-state index in [1.54, 1.807) is 12.1 Å². The maximum Gasteiger partial charge on any atom is 0.239 e. The van der Waals surface area contributed by atoms with E-state index in [4.69, 9.17) is 0 Å². The average Bonchev–Trinajstić information content (AvgIpc) is 2.55. The molecule has 4 nitrogen and oxygen atoms in total. The van der Waals surface area contributed by atoms with Crippen LogP contribution in [0.1, 0.15) is 19.4 Å². The molecule has 2 rings (SSSR count). The zero-order chi connectivity index (χ0) is 16.1. The van der Waals surface area contributed by atoms with Gasteiger partial charge in [-0.3, -0.25) is 9.69 Å². The second kappa shape index (κ2) is 7.88. The van der Waals surface area contributed by atoms with E-state index in [2.05, 4.69) is 11.8 Å². The van der Waals surface area contributed by atoms with Crippen molar-refractivity contribution >= 4 is 17.7 Å². The number of nitrogens with zero attached hydrogens (tertiary/aromatic N) is 2. The van der Waals surface area contributed by atoms with Crippen molar-refractivity contribution in [2.24, 2.45) is 0 Å². The van der Waals surface area contributed by atoms with Gasteiger partial charge in [0.15, 0.2) is 0 Å². The number of benzene rings is 1. The molecule has 1 aromatic rings. The number of hydrogen-bond acceptors (Lipinski definition) is 4. The van der Waals surface area contributed by atoms with Gasteiger partial charge in [0.2, 0.25) is 5.91 Å². The van der Waals surface area contributed by atoms with Gasteiger partial charge in [-0.2, -0.15) is 11.8 Å². The van der Waals surface area contributed by atoms with Gasteiger partial charge in [0.1, 0.15) is 5.75 Å². The molecule has 22 heavy (non-hydrogen) atoms. The predicted octanol–water partition coefficient (Wildman–Crippen LogP) is 2.22. The number of carbonyl (C=O) groups excluding carboxylic acids is 1. The SMILES string of the molecule is C[C@H](C(=O)N(C)[C@@H](C)Cc1ccc(O)cc1)N1CCSCC1. The smallest absolute Gasteiger partial charge is 0.239 e. The number of likely N-dealkylation sites (N-methyl/N-ethyl adjacent to an activating group) is 1. The molecule has 0 spiro atoms. The van der Waals surface area contributed by atoms with Crippen molar-refractivity contribution < 1.29 is 9.90 Å². The monoisotopic (exact) mass is 322 g/mol. The van der Waals surface area contributed by atoms with Gasteiger partial charge in [-0.15, -0.1) is 0 Å². The molecule has 1 saturated heterocycles. The molecule has 1 fully saturated rings. The number of carbonyl (C=O) groups is 1. The van der Waals surface area contributed by atoms with Crippen LogP contribution in [0.4, 0.5) is 0 Å². The van der Waals surface area contributed by atoms with Crippen molar-refractivity contribution in [3.63, 3.8) is 0 Å². The molecule has 0 aromatic heterocycles. The van der Waals surface area contributed by atoms with Crippen molar-refractivity contribution in [1.82, 2.24) is 9.80 Å². The van der Waals surface area contributed by atoms with Gasteiger partial charge in [0.05, 0.1) is 6.04 Å². The van der Waals surface area contributed by atoms with Gasteiger partial charge < -0.3 is 10.0 Å². The minimum absolute atomic E-state index is 0.0480. The molecule has 0 saturated carbocycles. The fourth-order valence-electron chi connectivity index (χ4n) is 2.74. The molecule has 0 bridgehead atoms. The number of aromatic hydroxyl groups is 1. The quantitative estimate of drug-likeness (QED) is 0.903. The summed E-state index contributed by atoms with van der Waals surface area (Å²) in [5.74, 6) is 2.70. The Morgan fingerprint density at radius 2 is 1.86 bits per heavy atom. The van der Waals surface area contributed by atoms with E-state index in [0.29, 0.717) is 0 Å². The number of phenols is 1. The summed E-state index contributed by atoms with van der Waals surface area (Å²) >= 11 is 1.96. The molecule has 5 heteroatoms.